The van der Waals surface area contributed by atoms with E-state index in [-0.39, 0.29) is 0 Å². The van der Waals surface area contributed by atoms with Gasteiger partial charge in [0.1, 0.15) is 5.75 Å². The highest BCUT2D eigenvalue weighted by Gasteiger charge is 1.97. The van der Waals surface area contributed by atoms with E-state index < -0.39 is 0 Å². The van der Waals surface area contributed by atoms with Crippen molar-refractivity contribution < 1.29 is 4.74 Å². The molecule has 3 heteroatoms. The van der Waals surface area contributed by atoms with Gasteiger partial charge in [0.2, 0.25) is 0 Å². The van der Waals surface area contributed by atoms with Gasteiger partial charge in [0, 0.05) is 6.07 Å². The van der Waals surface area contributed by atoms with Gasteiger partial charge in [0.25, 0.3) is 0 Å². The van der Waals surface area contributed by atoms with Crippen molar-refractivity contribution >= 4 is 11.4 Å². The number of ether oxygens (including phenoxy) is 1. The highest BCUT2D eigenvalue weighted by molar-refractivity contribution is 5.65. The van der Waals surface area contributed by atoms with Gasteiger partial charge in [0.05, 0.1) is 18.0 Å². The zero-order chi connectivity index (χ0) is 9.68. The number of benzene rings is 1. The highest BCUT2D eigenvalue weighted by Crippen LogP contribution is 2.21. The fraction of sp³-hybridized carbons (Fsp3) is 0.400. The average molecular weight is 180 g/mol. The topological polar surface area (TPSA) is 61.3 Å². The standard InChI is InChI=1S/C10H16N2O/c1-2-3-6-13-8-4-5-9(11)10(12)7-8/h4-5,7H,2-3,6,11-12H2,1H3. The summed E-state index contributed by atoms with van der Waals surface area (Å²) in [6.45, 7) is 2.86. The van der Waals surface area contributed by atoms with Crippen molar-refractivity contribution in [3.63, 3.8) is 0 Å². The molecule has 0 unspecified atom stereocenters. The van der Waals surface area contributed by atoms with Crippen LogP contribution in [0.1, 0.15) is 19.8 Å². The number of rotatable bonds is 4. The second-order valence-corrected chi connectivity index (χ2v) is 2.99. The van der Waals surface area contributed by atoms with E-state index in [1.54, 1.807) is 12.1 Å². The monoisotopic (exact) mass is 180 g/mol. The van der Waals surface area contributed by atoms with Crippen LogP contribution in [-0.4, -0.2) is 6.61 Å². The summed E-state index contributed by atoms with van der Waals surface area (Å²) in [4.78, 5) is 0. The molecule has 0 aromatic heterocycles. The molecule has 0 saturated heterocycles. The molecular formula is C10H16N2O. The Hall–Kier alpha value is -1.38. The molecule has 3 nitrogen and oxygen atoms in total. The van der Waals surface area contributed by atoms with Gasteiger partial charge in [-0.15, -0.1) is 0 Å². The smallest absolute Gasteiger partial charge is 0.121 e. The van der Waals surface area contributed by atoms with Gasteiger partial charge in [-0.2, -0.15) is 0 Å². The molecule has 1 aromatic carbocycles. The van der Waals surface area contributed by atoms with Crippen molar-refractivity contribution in [2.24, 2.45) is 0 Å². The van der Waals surface area contributed by atoms with Gasteiger partial charge in [-0.05, 0) is 18.6 Å². The first kappa shape index (κ1) is 9.71. The fourth-order valence-electron chi connectivity index (χ4n) is 0.977. The van der Waals surface area contributed by atoms with Crippen LogP contribution in [0, 0.1) is 0 Å². The molecule has 0 amide bonds. The number of hydrogen-bond donors (Lipinski definition) is 2. The van der Waals surface area contributed by atoms with Gasteiger partial charge in [0.15, 0.2) is 0 Å². The van der Waals surface area contributed by atoms with Crippen molar-refractivity contribution in [1.82, 2.24) is 0 Å². The second-order valence-electron chi connectivity index (χ2n) is 2.99. The van der Waals surface area contributed by atoms with E-state index in [9.17, 15) is 0 Å². The average Bonchev–Trinajstić information content (AvgIpc) is 2.12. The molecule has 0 heterocycles. The van der Waals surface area contributed by atoms with Gasteiger partial charge in [-0.3, -0.25) is 0 Å². The van der Waals surface area contributed by atoms with Crippen molar-refractivity contribution in [1.29, 1.82) is 0 Å². The van der Waals surface area contributed by atoms with Crippen LogP contribution in [0.25, 0.3) is 0 Å². The molecule has 0 radical (unpaired) electrons. The predicted octanol–water partition coefficient (Wildman–Crippen LogP) is 2.03. The van der Waals surface area contributed by atoms with Crippen molar-refractivity contribution in [3.05, 3.63) is 18.2 Å². The molecule has 0 aliphatic heterocycles. The molecule has 0 saturated carbocycles. The largest absolute Gasteiger partial charge is 0.494 e. The summed E-state index contributed by atoms with van der Waals surface area (Å²) in [5.41, 5.74) is 12.4. The molecule has 0 spiro atoms. The Labute approximate surface area is 78.7 Å². The fourth-order valence-corrected chi connectivity index (χ4v) is 0.977. The summed E-state index contributed by atoms with van der Waals surface area (Å²) in [5.74, 6) is 0.792. The molecule has 0 bridgehead atoms. The van der Waals surface area contributed by atoms with Crippen LogP contribution < -0.4 is 16.2 Å². The normalized spacial score (nSPS) is 9.92. The predicted molar refractivity (Wildman–Crippen MR) is 55.7 cm³/mol. The summed E-state index contributed by atoms with van der Waals surface area (Å²) < 4.78 is 5.45. The zero-order valence-electron chi connectivity index (χ0n) is 7.92. The number of anilines is 2. The summed E-state index contributed by atoms with van der Waals surface area (Å²) in [5, 5.41) is 0. The maximum atomic E-state index is 5.62. The maximum absolute atomic E-state index is 5.62. The number of hydrogen-bond acceptors (Lipinski definition) is 3. The van der Waals surface area contributed by atoms with Gasteiger partial charge in [-0.1, -0.05) is 13.3 Å². The van der Waals surface area contributed by atoms with Crippen LogP contribution in [0.5, 0.6) is 5.75 Å². The summed E-state index contributed by atoms with van der Waals surface area (Å²) >= 11 is 0. The van der Waals surface area contributed by atoms with E-state index in [0.717, 1.165) is 25.2 Å². The highest BCUT2D eigenvalue weighted by atomic mass is 16.5. The molecule has 4 N–H and O–H groups in total. The Kier molecular flexibility index (Phi) is 3.43. The summed E-state index contributed by atoms with van der Waals surface area (Å²) in [6.07, 6.45) is 2.19. The first-order chi connectivity index (χ1) is 6.24. The molecular weight excluding hydrogens is 164 g/mol. The van der Waals surface area contributed by atoms with Gasteiger partial charge >= 0.3 is 0 Å². The molecule has 0 aliphatic carbocycles. The molecule has 0 atom stereocenters. The van der Waals surface area contributed by atoms with E-state index in [1.807, 2.05) is 6.07 Å². The van der Waals surface area contributed by atoms with E-state index in [2.05, 4.69) is 6.92 Å². The molecule has 0 fully saturated rings. The van der Waals surface area contributed by atoms with E-state index in [0.29, 0.717) is 11.4 Å². The number of unbranched alkanes of at least 4 members (excludes halogenated alkanes) is 1. The minimum absolute atomic E-state index is 0.578. The first-order valence-electron chi connectivity index (χ1n) is 4.52. The van der Waals surface area contributed by atoms with E-state index in [1.165, 1.54) is 0 Å². The lowest BCUT2D eigenvalue weighted by Crippen LogP contribution is -1.99. The molecule has 0 aliphatic rings. The zero-order valence-corrected chi connectivity index (χ0v) is 7.92. The van der Waals surface area contributed by atoms with Gasteiger partial charge in [-0.25, -0.2) is 0 Å². The lowest BCUT2D eigenvalue weighted by Gasteiger charge is -2.06. The number of nitrogens with two attached hydrogens (primary N) is 2. The van der Waals surface area contributed by atoms with Crippen molar-refractivity contribution in [2.75, 3.05) is 18.1 Å². The Morgan fingerprint density at radius 2 is 2.00 bits per heavy atom. The van der Waals surface area contributed by atoms with E-state index in [4.69, 9.17) is 16.2 Å². The van der Waals surface area contributed by atoms with Crippen LogP contribution >= 0.6 is 0 Å². The third kappa shape index (κ3) is 2.86. The Morgan fingerprint density at radius 1 is 1.23 bits per heavy atom. The van der Waals surface area contributed by atoms with Crippen LogP contribution in [0.2, 0.25) is 0 Å². The molecule has 72 valence electrons. The van der Waals surface area contributed by atoms with Gasteiger partial charge < -0.3 is 16.2 Å². The third-order valence-electron chi connectivity index (χ3n) is 1.82. The number of nitrogen functional groups attached to an aromatic ring is 2. The van der Waals surface area contributed by atoms with Crippen LogP contribution in [0.3, 0.4) is 0 Å². The summed E-state index contributed by atoms with van der Waals surface area (Å²) in [6, 6.07) is 5.35. The lowest BCUT2D eigenvalue weighted by atomic mass is 10.2. The Bertz CT molecular complexity index is 274. The lowest BCUT2D eigenvalue weighted by molar-refractivity contribution is 0.309. The van der Waals surface area contributed by atoms with Crippen LogP contribution in [0.15, 0.2) is 18.2 Å². The van der Waals surface area contributed by atoms with Crippen molar-refractivity contribution in [2.45, 2.75) is 19.8 Å². The quantitative estimate of drug-likeness (QED) is 0.550. The van der Waals surface area contributed by atoms with Crippen molar-refractivity contribution in [3.8, 4) is 5.75 Å². The maximum Gasteiger partial charge on any atom is 0.121 e. The molecule has 13 heavy (non-hydrogen) atoms. The Morgan fingerprint density at radius 3 is 2.62 bits per heavy atom. The minimum atomic E-state index is 0.578. The Balaban J connectivity index is 2.53. The second kappa shape index (κ2) is 4.60. The third-order valence-corrected chi connectivity index (χ3v) is 1.82. The van der Waals surface area contributed by atoms with Crippen LogP contribution in [0.4, 0.5) is 11.4 Å². The molecule has 1 aromatic rings. The van der Waals surface area contributed by atoms with Crippen LogP contribution in [-0.2, 0) is 0 Å². The summed E-state index contributed by atoms with van der Waals surface area (Å²) in [7, 11) is 0. The SMILES string of the molecule is CCCCOc1ccc(N)c(N)c1. The van der Waals surface area contributed by atoms with E-state index >= 15 is 0 Å². The minimum Gasteiger partial charge on any atom is -0.494 e. The molecule has 1 rings (SSSR count). The first-order valence-corrected chi connectivity index (χ1v) is 4.52.